The number of carbonyl (C=O) groups is 1. The molecule has 0 unspecified atom stereocenters. The van der Waals surface area contributed by atoms with Gasteiger partial charge in [0.2, 0.25) is 5.95 Å². The molecule has 214 valence electrons. The summed E-state index contributed by atoms with van der Waals surface area (Å²) in [6.07, 6.45) is 0. The third kappa shape index (κ3) is 5.36. The van der Waals surface area contributed by atoms with Crippen molar-refractivity contribution >= 4 is 38.5 Å². The highest BCUT2D eigenvalue weighted by Gasteiger charge is 2.28. The Morgan fingerprint density at radius 1 is 1.05 bits per heavy atom. The summed E-state index contributed by atoms with van der Waals surface area (Å²) in [6.45, 7) is 4.41. The summed E-state index contributed by atoms with van der Waals surface area (Å²) in [7, 11) is -3.53. The highest BCUT2D eigenvalue weighted by Crippen LogP contribution is 2.31. The number of fused-ring (bicyclic) bond motifs is 2. The van der Waals surface area contributed by atoms with E-state index in [9.17, 15) is 31.2 Å². The molecule has 1 amide bonds. The zero-order valence-corrected chi connectivity index (χ0v) is 23.1. The maximum absolute atomic E-state index is 13.8. The second-order valence-corrected chi connectivity index (χ2v) is 11.6. The van der Waals surface area contributed by atoms with Gasteiger partial charge in [0, 0.05) is 31.4 Å². The number of rotatable bonds is 7. The van der Waals surface area contributed by atoms with Crippen LogP contribution >= 0.6 is 0 Å². The molecule has 0 saturated carbocycles. The number of aromatic nitrogens is 2. The number of hydrogen-bond acceptors (Lipinski definition) is 7. The number of sulfonamides is 1. The van der Waals surface area contributed by atoms with Gasteiger partial charge in [-0.3, -0.25) is 14.2 Å². The molecule has 1 atom stereocenters. The van der Waals surface area contributed by atoms with Crippen LogP contribution in [-0.4, -0.2) is 29.6 Å². The molecule has 0 fully saturated rings. The Morgan fingerprint density at radius 3 is 2.49 bits per heavy atom. The Bertz CT molecular complexity index is 1860. The van der Waals surface area contributed by atoms with Gasteiger partial charge in [0.1, 0.15) is 5.82 Å². The average molecular weight is 586 g/mol. The van der Waals surface area contributed by atoms with Crippen molar-refractivity contribution in [2.45, 2.75) is 38.7 Å². The van der Waals surface area contributed by atoms with Gasteiger partial charge < -0.3 is 10.2 Å². The van der Waals surface area contributed by atoms with E-state index in [4.69, 9.17) is 4.98 Å². The lowest BCUT2D eigenvalue weighted by Gasteiger charge is -2.23. The van der Waals surface area contributed by atoms with Crippen LogP contribution in [0.25, 0.3) is 10.9 Å². The van der Waals surface area contributed by atoms with Crippen molar-refractivity contribution in [2.75, 3.05) is 10.2 Å². The fraction of sp³-hybridized carbons (Fsp3) is 0.250. The molecule has 2 heterocycles. The van der Waals surface area contributed by atoms with Crippen molar-refractivity contribution < 1.29 is 26.4 Å². The van der Waals surface area contributed by atoms with E-state index >= 15 is 0 Å². The van der Waals surface area contributed by atoms with Gasteiger partial charge in [-0.05, 0) is 60.9 Å². The van der Waals surface area contributed by atoms with Crippen LogP contribution in [0, 0.1) is 12.7 Å². The molecule has 1 aliphatic heterocycles. The lowest BCUT2D eigenvalue weighted by atomic mass is 10.0. The Hall–Kier alpha value is -4.39. The van der Waals surface area contributed by atoms with E-state index in [1.807, 2.05) is 17.9 Å². The number of carbonyl (C=O) groups excluding carboxylic acids is 1. The summed E-state index contributed by atoms with van der Waals surface area (Å²) < 4.78 is 65.5. The Morgan fingerprint density at radius 2 is 1.76 bits per heavy atom. The van der Waals surface area contributed by atoms with Crippen molar-refractivity contribution in [1.29, 1.82) is 0 Å². The van der Waals surface area contributed by atoms with E-state index in [0.29, 0.717) is 35.5 Å². The molecular weight excluding hydrogens is 559 g/mol. The van der Waals surface area contributed by atoms with Crippen molar-refractivity contribution in [3.05, 3.63) is 98.6 Å². The minimum Gasteiger partial charge on any atom is -0.378 e. The summed E-state index contributed by atoms with van der Waals surface area (Å²) >= 11 is 0. The number of hydrogen-bond donors (Lipinski definition) is 2. The first-order chi connectivity index (χ1) is 19.4. The van der Waals surface area contributed by atoms with Gasteiger partial charge >= 0.3 is 5.76 Å². The van der Waals surface area contributed by atoms with Crippen LogP contribution in [0.4, 0.5) is 24.8 Å². The topological polar surface area (TPSA) is 113 Å². The molecule has 0 saturated heterocycles. The van der Waals surface area contributed by atoms with Crippen LogP contribution in [-0.2, 0) is 30.2 Å². The third-order valence-corrected chi connectivity index (χ3v) is 7.92. The van der Waals surface area contributed by atoms with Crippen molar-refractivity contribution in [2.24, 2.45) is 7.05 Å². The molecule has 5 rings (SSSR count). The largest absolute Gasteiger partial charge is 0.378 e. The van der Waals surface area contributed by atoms with Gasteiger partial charge in [-0.2, -0.15) is 8.78 Å². The highest BCUT2D eigenvalue weighted by atomic mass is 32.2. The molecule has 0 radical (unpaired) electrons. The zero-order valence-electron chi connectivity index (χ0n) is 22.3. The number of amides is 1. The number of nitrogens with one attached hydrogen (secondary N) is 2. The minimum absolute atomic E-state index is 0.160. The first-order valence-corrected chi connectivity index (χ1v) is 14.1. The summed E-state index contributed by atoms with van der Waals surface area (Å²) in [5.74, 6) is -4.93. The average Bonchev–Trinajstić information content (AvgIpc) is 3.33. The normalized spacial score (nSPS) is 13.9. The first kappa shape index (κ1) is 28.1. The van der Waals surface area contributed by atoms with Gasteiger partial charge in [-0.1, -0.05) is 24.3 Å². The van der Waals surface area contributed by atoms with Gasteiger partial charge in [0.05, 0.1) is 22.5 Å². The maximum Gasteiger partial charge on any atom is 0.355 e. The van der Waals surface area contributed by atoms with Gasteiger partial charge in [0.25, 0.3) is 21.5 Å². The molecule has 0 bridgehead atoms. The van der Waals surface area contributed by atoms with Crippen LogP contribution in [0.15, 0.2) is 59.4 Å². The molecule has 1 aliphatic rings. The number of anilines is 2. The molecular formula is C28H26F3N5O4S. The maximum atomic E-state index is 13.8. The SMILES string of the molecule is Cc1cc([C@@H](C)Nc2ccccc2C(=O)NS(=O)(=O)C(F)F)c2nc(N3Cc4ccc(F)cc4C3)n(C)c(=O)c2c1. The second-order valence-electron chi connectivity index (χ2n) is 9.94. The van der Waals surface area contributed by atoms with Crippen molar-refractivity contribution in [3.8, 4) is 0 Å². The highest BCUT2D eigenvalue weighted by molar-refractivity contribution is 7.90. The molecule has 41 heavy (non-hydrogen) atoms. The summed E-state index contributed by atoms with van der Waals surface area (Å²) in [5.41, 5.74) is 3.32. The molecule has 2 N–H and O–H groups in total. The van der Waals surface area contributed by atoms with Crippen molar-refractivity contribution in [1.82, 2.24) is 14.3 Å². The van der Waals surface area contributed by atoms with Crippen LogP contribution in [0.2, 0.25) is 0 Å². The number of alkyl halides is 2. The van der Waals surface area contributed by atoms with E-state index in [2.05, 4.69) is 5.32 Å². The first-order valence-electron chi connectivity index (χ1n) is 12.6. The van der Waals surface area contributed by atoms with Gasteiger partial charge in [0.15, 0.2) is 0 Å². The van der Waals surface area contributed by atoms with Crippen LogP contribution in [0.5, 0.6) is 0 Å². The standard InChI is InChI=1S/C28H26F3N5O4S/c1-15-10-21(16(2)32-23-7-5-4-6-20(23)25(37)34-41(39,40)27(30)31)24-22(11-15)26(38)35(3)28(33-24)36-13-17-8-9-19(29)12-18(17)14-36/h4-12,16,27,32H,13-14H2,1-3H3,(H,34,37)/t16-/m1/s1. The quantitative estimate of drug-likeness (QED) is 0.332. The predicted octanol–water partition coefficient (Wildman–Crippen LogP) is 4.36. The van der Waals surface area contributed by atoms with Gasteiger partial charge in [-0.15, -0.1) is 0 Å². The second kappa shape index (κ2) is 10.5. The minimum atomic E-state index is -5.15. The number of benzene rings is 3. The lowest BCUT2D eigenvalue weighted by Crippen LogP contribution is -2.35. The molecule has 4 aromatic rings. The summed E-state index contributed by atoms with van der Waals surface area (Å²) in [5, 5.41) is 3.51. The predicted molar refractivity (Wildman–Crippen MR) is 149 cm³/mol. The summed E-state index contributed by atoms with van der Waals surface area (Å²) in [6, 6.07) is 13.5. The third-order valence-electron chi connectivity index (χ3n) is 6.98. The molecule has 1 aromatic heterocycles. The van der Waals surface area contributed by atoms with Crippen LogP contribution in [0.3, 0.4) is 0 Å². The smallest absolute Gasteiger partial charge is 0.355 e. The zero-order chi connectivity index (χ0) is 29.6. The molecule has 0 aliphatic carbocycles. The number of halogens is 3. The lowest BCUT2D eigenvalue weighted by molar-refractivity contribution is 0.0977. The van der Waals surface area contributed by atoms with E-state index < -0.39 is 27.7 Å². The van der Waals surface area contributed by atoms with E-state index in [1.54, 1.807) is 32.2 Å². The van der Waals surface area contributed by atoms with E-state index in [1.165, 1.54) is 39.6 Å². The number of nitrogens with zero attached hydrogens (tertiary/aromatic N) is 3. The van der Waals surface area contributed by atoms with Crippen molar-refractivity contribution in [3.63, 3.8) is 0 Å². The molecule has 3 aromatic carbocycles. The summed E-state index contributed by atoms with van der Waals surface area (Å²) in [4.78, 5) is 32.9. The monoisotopic (exact) mass is 585 g/mol. The Labute approximate surface area is 233 Å². The number of para-hydroxylation sites is 1. The fourth-order valence-electron chi connectivity index (χ4n) is 5.01. The van der Waals surface area contributed by atoms with E-state index in [0.717, 1.165) is 16.7 Å². The van der Waals surface area contributed by atoms with Crippen LogP contribution < -0.4 is 20.5 Å². The molecule has 13 heteroatoms. The van der Waals surface area contributed by atoms with E-state index in [-0.39, 0.29) is 22.6 Å². The molecule has 9 nitrogen and oxygen atoms in total. The van der Waals surface area contributed by atoms with Gasteiger partial charge in [-0.25, -0.2) is 22.5 Å². The number of aryl methyl sites for hydroxylation is 1. The Kier molecular flexibility index (Phi) is 7.24. The Balaban J connectivity index is 1.53. The molecule has 0 spiro atoms. The fourth-order valence-corrected chi connectivity index (χ4v) is 5.46. The van der Waals surface area contributed by atoms with Crippen LogP contribution in [0.1, 0.15) is 45.6 Å².